The fraction of sp³-hybridized carbons (Fsp3) is 0.625. The van der Waals surface area contributed by atoms with Crippen molar-refractivity contribution in [3.05, 3.63) is 10.6 Å². The molecule has 0 aliphatic carbocycles. The molecule has 1 aromatic rings. The van der Waals surface area contributed by atoms with E-state index in [0.29, 0.717) is 17.1 Å². The Morgan fingerprint density at radius 3 is 2.79 bits per heavy atom. The summed E-state index contributed by atoms with van der Waals surface area (Å²) in [6.07, 6.45) is 0. The van der Waals surface area contributed by atoms with Crippen molar-refractivity contribution in [1.29, 1.82) is 0 Å². The molecule has 1 unspecified atom stereocenters. The quantitative estimate of drug-likeness (QED) is 0.783. The maximum absolute atomic E-state index is 11.8. The van der Waals surface area contributed by atoms with Gasteiger partial charge in [-0.3, -0.25) is 4.79 Å². The molecular weight excluding hydrogens is 200 g/mol. The molecule has 2 N–H and O–H groups in total. The third-order valence-electron chi connectivity index (χ3n) is 2.17. The van der Waals surface area contributed by atoms with Crippen LogP contribution in [0, 0.1) is 6.92 Å². The summed E-state index contributed by atoms with van der Waals surface area (Å²) < 4.78 is 3.72. The van der Waals surface area contributed by atoms with Crippen molar-refractivity contribution in [1.82, 2.24) is 14.5 Å². The van der Waals surface area contributed by atoms with Crippen LogP contribution in [0.4, 0.5) is 0 Å². The van der Waals surface area contributed by atoms with Crippen LogP contribution >= 0.6 is 11.5 Å². The van der Waals surface area contributed by atoms with Crippen LogP contribution in [0.2, 0.25) is 0 Å². The van der Waals surface area contributed by atoms with E-state index in [9.17, 15) is 4.79 Å². The average molecular weight is 214 g/mol. The summed E-state index contributed by atoms with van der Waals surface area (Å²) in [5, 5.41) is 3.80. The molecule has 0 spiro atoms. The van der Waals surface area contributed by atoms with Crippen molar-refractivity contribution in [2.75, 3.05) is 13.6 Å². The number of hydrogen-bond donors (Lipinski definition) is 1. The number of carbonyl (C=O) groups excluding carboxylic acids is 1. The maximum atomic E-state index is 11.8. The lowest BCUT2D eigenvalue weighted by Gasteiger charge is -2.22. The van der Waals surface area contributed by atoms with Gasteiger partial charge in [0.25, 0.3) is 5.91 Å². The molecule has 14 heavy (non-hydrogen) atoms. The van der Waals surface area contributed by atoms with Gasteiger partial charge in [0.1, 0.15) is 4.88 Å². The van der Waals surface area contributed by atoms with Gasteiger partial charge in [0.2, 0.25) is 0 Å². The summed E-state index contributed by atoms with van der Waals surface area (Å²) in [6, 6.07) is 0.0315. The van der Waals surface area contributed by atoms with Gasteiger partial charge in [-0.1, -0.05) is 4.49 Å². The highest BCUT2D eigenvalue weighted by Crippen LogP contribution is 2.12. The summed E-state index contributed by atoms with van der Waals surface area (Å²) in [5.41, 5.74) is 6.16. The van der Waals surface area contributed by atoms with Crippen molar-refractivity contribution in [3.8, 4) is 0 Å². The molecule has 1 amide bonds. The Balaban J connectivity index is 2.81. The van der Waals surface area contributed by atoms with E-state index >= 15 is 0 Å². The Morgan fingerprint density at radius 1 is 1.71 bits per heavy atom. The first-order valence-electron chi connectivity index (χ1n) is 4.34. The normalized spacial score (nSPS) is 12.6. The second-order valence-electron chi connectivity index (χ2n) is 3.19. The second kappa shape index (κ2) is 4.47. The van der Waals surface area contributed by atoms with Crippen LogP contribution in [0.25, 0.3) is 0 Å². The predicted molar refractivity (Wildman–Crippen MR) is 55.3 cm³/mol. The molecule has 1 atom stereocenters. The van der Waals surface area contributed by atoms with Crippen LogP contribution in [0.1, 0.15) is 22.3 Å². The summed E-state index contributed by atoms with van der Waals surface area (Å²) >= 11 is 1.12. The molecule has 1 rings (SSSR count). The molecule has 0 saturated carbocycles. The number of aromatic nitrogens is 2. The van der Waals surface area contributed by atoms with Crippen molar-refractivity contribution in [2.24, 2.45) is 5.73 Å². The van der Waals surface area contributed by atoms with Gasteiger partial charge in [-0.15, -0.1) is 5.10 Å². The first kappa shape index (κ1) is 11.1. The molecule has 6 heteroatoms. The van der Waals surface area contributed by atoms with Crippen molar-refractivity contribution in [2.45, 2.75) is 19.9 Å². The third-order valence-corrected chi connectivity index (χ3v) is 2.98. The molecule has 0 bridgehead atoms. The van der Waals surface area contributed by atoms with Crippen LogP contribution in [0.3, 0.4) is 0 Å². The van der Waals surface area contributed by atoms with Crippen LogP contribution in [-0.4, -0.2) is 40.0 Å². The zero-order valence-corrected chi connectivity index (χ0v) is 9.34. The Morgan fingerprint density at radius 2 is 2.36 bits per heavy atom. The molecule has 0 fully saturated rings. The van der Waals surface area contributed by atoms with Crippen molar-refractivity contribution < 1.29 is 4.79 Å². The number of hydrogen-bond acceptors (Lipinski definition) is 5. The van der Waals surface area contributed by atoms with E-state index < -0.39 is 0 Å². The minimum atomic E-state index is -0.0598. The van der Waals surface area contributed by atoms with Gasteiger partial charge in [0.15, 0.2) is 0 Å². The lowest BCUT2D eigenvalue weighted by molar-refractivity contribution is 0.0752. The Bertz CT molecular complexity index is 325. The number of carbonyl (C=O) groups is 1. The van der Waals surface area contributed by atoms with Crippen LogP contribution < -0.4 is 5.73 Å². The number of likely N-dealkylation sites (N-methyl/N-ethyl adjacent to an activating group) is 1. The Kier molecular flexibility index (Phi) is 3.54. The summed E-state index contributed by atoms with van der Waals surface area (Å²) in [4.78, 5) is 14.0. The fourth-order valence-corrected chi connectivity index (χ4v) is 1.59. The molecule has 5 nitrogen and oxygen atoms in total. The highest BCUT2D eigenvalue weighted by Gasteiger charge is 2.20. The largest absolute Gasteiger partial charge is 0.337 e. The number of nitrogens with zero attached hydrogens (tertiary/aromatic N) is 3. The molecule has 0 aliphatic heterocycles. The van der Waals surface area contributed by atoms with E-state index in [0.717, 1.165) is 11.5 Å². The molecule has 0 saturated heterocycles. The van der Waals surface area contributed by atoms with E-state index in [-0.39, 0.29) is 11.9 Å². The first-order valence-corrected chi connectivity index (χ1v) is 5.11. The molecule has 0 aliphatic rings. The van der Waals surface area contributed by atoms with E-state index in [4.69, 9.17) is 5.73 Å². The molecule has 1 heterocycles. The van der Waals surface area contributed by atoms with E-state index in [1.165, 1.54) is 0 Å². The van der Waals surface area contributed by atoms with E-state index in [2.05, 4.69) is 9.59 Å². The zero-order valence-electron chi connectivity index (χ0n) is 8.52. The smallest absolute Gasteiger partial charge is 0.267 e. The van der Waals surface area contributed by atoms with Gasteiger partial charge in [-0.25, -0.2) is 0 Å². The Hall–Kier alpha value is -1.01. The van der Waals surface area contributed by atoms with Crippen LogP contribution in [-0.2, 0) is 0 Å². The summed E-state index contributed by atoms with van der Waals surface area (Å²) in [7, 11) is 1.74. The number of aryl methyl sites for hydroxylation is 1. The van der Waals surface area contributed by atoms with Crippen LogP contribution in [0.5, 0.6) is 0 Å². The standard InChI is InChI=1S/C8H14N4OS/c1-5(4-9)12(3)8(13)7-6(2)10-11-14-7/h5H,4,9H2,1-3H3. The Labute approximate surface area is 87.1 Å². The van der Waals surface area contributed by atoms with Gasteiger partial charge >= 0.3 is 0 Å². The molecular formula is C8H14N4OS. The van der Waals surface area contributed by atoms with Gasteiger partial charge in [-0.2, -0.15) is 0 Å². The molecule has 0 radical (unpaired) electrons. The van der Waals surface area contributed by atoms with Gasteiger partial charge < -0.3 is 10.6 Å². The van der Waals surface area contributed by atoms with Gasteiger partial charge in [0, 0.05) is 19.6 Å². The highest BCUT2D eigenvalue weighted by molar-refractivity contribution is 7.07. The molecule has 78 valence electrons. The summed E-state index contributed by atoms with van der Waals surface area (Å²) in [5.74, 6) is -0.0598. The number of amides is 1. The first-order chi connectivity index (χ1) is 6.57. The topological polar surface area (TPSA) is 72.1 Å². The molecule has 0 aromatic carbocycles. The minimum Gasteiger partial charge on any atom is -0.337 e. The SMILES string of the molecule is Cc1nnsc1C(=O)N(C)C(C)CN. The maximum Gasteiger partial charge on any atom is 0.267 e. The van der Waals surface area contributed by atoms with E-state index in [1.54, 1.807) is 18.9 Å². The molecule has 1 aromatic heterocycles. The fourth-order valence-electron chi connectivity index (χ4n) is 0.946. The van der Waals surface area contributed by atoms with Gasteiger partial charge in [0.05, 0.1) is 5.69 Å². The number of nitrogens with two attached hydrogens (primary N) is 1. The average Bonchev–Trinajstić information content (AvgIpc) is 2.61. The van der Waals surface area contributed by atoms with Crippen LogP contribution in [0.15, 0.2) is 0 Å². The minimum absolute atomic E-state index is 0.0315. The van der Waals surface area contributed by atoms with Crippen molar-refractivity contribution in [3.63, 3.8) is 0 Å². The number of rotatable bonds is 3. The summed E-state index contributed by atoms with van der Waals surface area (Å²) in [6.45, 7) is 4.13. The third kappa shape index (κ3) is 2.08. The van der Waals surface area contributed by atoms with Crippen molar-refractivity contribution >= 4 is 17.4 Å². The lowest BCUT2D eigenvalue weighted by atomic mass is 10.2. The van der Waals surface area contributed by atoms with E-state index in [1.807, 2.05) is 6.92 Å². The monoisotopic (exact) mass is 214 g/mol. The lowest BCUT2D eigenvalue weighted by Crippen LogP contribution is -2.39. The highest BCUT2D eigenvalue weighted by atomic mass is 32.1. The van der Waals surface area contributed by atoms with Gasteiger partial charge in [-0.05, 0) is 25.4 Å². The predicted octanol–water partition coefficient (Wildman–Crippen LogP) is 0.266. The zero-order chi connectivity index (χ0) is 10.7. The second-order valence-corrected chi connectivity index (χ2v) is 3.94.